The highest BCUT2D eigenvalue weighted by atomic mass is 16.5. The van der Waals surface area contributed by atoms with Gasteiger partial charge >= 0.3 is 6.03 Å². The molecule has 2 amide bonds. The molecule has 2 atom stereocenters. The SMILES string of the molecule is Cc1cc(C(C)NC(=O)N(Cc2ccccc2)CC2CCCO2)c(C)o1. The van der Waals surface area contributed by atoms with Crippen LogP contribution in [0.5, 0.6) is 0 Å². The lowest BCUT2D eigenvalue weighted by molar-refractivity contribution is 0.0790. The van der Waals surface area contributed by atoms with Crippen LogP contribution >= 0.6 is 0 Å². The molecular weight excluding hydrogens is 328 g/mol. The molecule has 0 radical (unpaired) electrons. The van der Waals surface area contributed by atoms with E-state index in [4.69, 9.17) is 9.15 Å². The highest BCUT2D eigenvalue weighted by Gasteiger charge is 2.24. The number of carbonyl (C=O) groups excluding carboxylic acids is 1. The van der Waals surface area contributed by atoms with Crippen LogP contribution in [-0.2, 0) is 11.3 Å². The van der Waals surface area contributed by atoms with E-state index in [9.17, 15) is 4.79 Å². The van der Waals surface area contributed by atoms with E-state index in [0.717, 1.165) is 42.1 Å². The number of carbonyl (C=O) groups is 1. The zero-order valence-corrected chi connectivity index (χ0v) is 15.8. The summed E-state index contributed by atoms with van der Waals surface area (Å²) in [6.45, 7) is 7.81. The van der Waals surface area contributed by atoms with Gasteiger partial charge in [0.15, 0.2) is 0 Å². The quantitative estimate of drug-likeness (QED) is 0.837. The molecule has 1 aromatic carbocycles. The number of benzene rings is 1. The van der Waals surface area contributed by atoms with Crippen molar-refractivity contribution >= 4 is 6.03 Å². The fourth-order valence-electron chi connectivity index (χ4n) is 3.49. The zero-order chi connectivity index (χ0) is 18.5. The van der Waals surface area contributed by atoms with E-state index >= 15 is 0 Å². The second kappa shape index (κ2) is 8.41. The molecular formula is C21H28N2O3. The molecule has 0 aliphatic carbocycles. The smallest absolute Gasteiger partial charge is 0.318 e. The third kappa shape index (κ3) is 4.67. The maximum Gasteiger partial charge on any atom is 0.318 e. The first-order chi connectivity index (χ1) is 12.5. The van der Waals surface area contributed by atoms with E-state index in [-0.39, 0.29) is 18.2 Å². The summed E-state index contributed by atoms with van der Waals surface area (Å²) in [5.74, 6) is 1.71. The second-order valence-electron chi connectivity index (χ2n) is 7.04. The van der Waals surface area contributed by atoms with Gasteiger partial charge in [-0.3, -0.25) is 0 Å². The maximum absolute atomic E-state index is 13.0. The molecule has 0 saturated carbocycles. The van der Waals surface area contributed by atoms with E-state index in [1.807, 2.05) is 62.1 Å². The molecule has 5 heteroatoms. The Morgan fingerprint density at radius 1 is 1.31 bits per heavy atom. The largest absolute Gasteiger partial charge is 0.466 e. The molecule has 2 heterocycles. The van der Waals surface area contributed by atoms with Gasteiger partial charge in [-0.05, 0) is 45.2 Å². The molecule has 1 saturated heterocycles. The molecule has 26 heavy (non-hydrogen) atoms. The molecule has 0 bridgehead atoms. The Labute approximate surface area is 155 Å². The predicted octanol–water partition coefficient (Wildman–Crippen LogP) is 4.35. The number of hydrogen-bond donors (Lipinski definition) is 1. The Morgan fingerprint density at radius 3 is 2.69 bits per heavy atom. The van der Waals surface area contributed by atoms with Crippen LogP contribution in [0.1, 0.15) is 48.5 Å². The summed E-state index contributed by atoms with van der Waals surface area (Å²) < 4.78 is 11.3. The van der Waals surface area contributed by atoms with Crippen molar-refractivity contribution in [2.75, 3.05) is 13.2 Å². The van der Waals surface area contributed by atoms with Crippen LogP contribution in [0, 0.1) is 13.8 Å². The number of urea groups is 1. The molecule has 1 N–H and O–H groups in total. The molecule has 1 fully saturated rings. The summed E-state index contributed by atoms with van der Waals surface area (Å²) in [5, 5.41) is 3.12. The summed E-state index contributed by atoms with van der Waals surface area (Å²) >= 11 is 0. The number of nitrogens with zero attached hydrogens (tertiary/aromatic N) is 1. The van der Waals surface area contributed by atoms with Crippen LogP contribution in [0.25, 0.3) is 0 Å². The van der Waals surface area contributed by atoms with Crippen molar-refractivity contribution < 1.29 is 13.9 Å². The first-order valence-electron chi connectivity index (χ1n) is 9.31. The van der Waals surface area contributed by atoms with E-state index in [1.54, 1.807) is 0 Å². The minimum atomic E-state index is -0.109. The van der Waals surface area contributed by atoms with Crippen LogP contribution < -0.4 is 5.32 Å². The molecule has 2 unspecified atom stereocenters. The summed E-state index contributed by atoms with van der Waals surface area (Å²) in [6.07, 6.45) is 2.20. The van der Waals surface area contributed by atoms with Gasteiger partial charge in [-0.1, -0.05) is 30.3 Å². The van der Waals surface area contributed by atoms with Gasteiger partial charge in [-0.25, -0.2) is 4.79 Å². The highest BCUT2D eigenvalue weighted by molar-refractivity contribution is 5.74. The Morgan fingerprint density at radius 2 is 2.08 bits per heavy atom. The van der Waals surface area contributed by atoms with Gasteiger partial charge in [0.1, 0.15) is 11.5 Å². The van der Waals surface area contributed by atoms with Gasteiger partial charge in [0, 0.05) is 25.3 Å². The lowest BCUT2D eigenvalue weighted by Crippen LogP contribution is -2.44. The topological polar surface area (TPSA) is 54.7 Å². The number of amides is 2. The normalized spacial score (nSPS) is 17.9. The van der Waals surface area contributed by atoms with Crippen molar-refractivity contribution in [1.29, 1.82) is 0 Å². The molecule has 1 aromatic heterocycles. The van der Waals surface area contributed by atoms with Crippen molar-refractivity contribution in [3.63, 3.8) is 0 Å². The fraction of sp³-hybridized carbons (Fsp3) is 0.476. The minimum absolute atomic E-state index is 0.0740. The van der Waals surface area contributed by atoms with Gasteiger partial charge in [0.05, 0.1) is 12.1 Å². The summed E-state index contributed by atoms with van der Waals surface area (Å²) in [5.41, 5.74) is 2.14. The molecule has 1 aliphatic rings. The lowest BCUT2D eigenvalue weighted by atomic mass is 10.1. The van der Waals surface area contributed by atoms with E-state index in [0.29, 0.717) is 13.1 Å². The second-order valence-corrected chi connectivity index (χ2v) is 7.04. The Hall–Kier alpha value is -2.27. The van der Waals surface area contributed by atoms with Crippen molar-refractivity contribution in [3.05, 3.63) is 59.0 Å². The molecule has 140 valence electrons. The first-order valence-corrected chi connectivity index (χ1v) is 9.31. The van der Waals surface area contributed by atoms with Crippen molar-refractivity contribution in [1.82, 2.24) is 10.2 Å². The average molecular weight is 356 g/mol. The Balaban J connectivity index is 1.69. The maximum atomic E-state index is 13.0. The van der Waals surface area contributed by atoms with Gasteiger partial charge in [0.2, 0.25) is 0 Å². The molecule has 0 spiro atoms. The predicted molar refractivity (Wildman–Crippen MR) is 101 cm³/mol. The van der Waals surface area contributed by atoms with E-state index in [1.165, 1.54) is 0 Å². The van der Waals surface area contributed by atoms with Crippen LogP contribution in [-0.4, -0.2) is 30.2 Å². The van der Waals surface area contributed by atoms with Crippen LogP contribution in [0.15, 0.2) is 40.8 Å². The molecule has 1 aliphatic heterocycles. The Kier molecular flexibility index (Phi) is 5.99. The highest BCUT2D eigenvalue weighted by Crippen LogP contribution is 2.22. The standard InChI is InChI=1S/C21H28N2O3/c1-15-12-20(17(3)26-15)16(2)22-21(24)23(14-19-10-7-11-25-19)13-18-8-5-4-6-9-18/h4-6,8-9,12,16,19H,7,10-11,13-14H2,1-3H3,(H,22,24). The number of rotatable bonds is 6. The third-order valence-corrected chi connectivity index (χ3v) is 4.84. The summed E-state index contributed by atoms with van der Waals surface area (Å²) in [7, 11) is 0. The van der Waals surface area contributed by atoms with Crippen LogP contribution in [0.4, 0.5) is 4.79 Å². The third-order valence-electron chi connectivity index (χ3n) is 4.84. The summed E-state index contributed by atoms with van der Waals surface area (Å²) in [6, 6.07) is 11.9. The van der Waals surface area contributed by atoms with E-state index < -0.39 is 0 Å². The number of aryl methyl sites for hydroxylation is 2. The van der Waals surface area contributed by atoms with Gasteiger partial charge < -0.3 is 19.4 Å². The van der Waals surface area contributed by atoms with Gasteiger partial charge in [-0.2, -0.15) is 0 Å². The van der Waals surface area contributed by atoms with Gasteiger partial charge in [-0.15, -0.1) is 0 Å². The number of ether oxygens (including phenoxy) is 1. The zero-order valence-electron chi connectivity index (χ0n) is 15.8. The molecule has 3 rings (SSSR count). The van der Waals surface area contributed by atoms with E-state index in [2.05, 4.69) is 5.32 Å². The number of nitrogens with one attached hydrogen (secondary N) is 1. The van der Waals surface area contributed by atoms with Crippen molar-refractivity contribution in [2.24, 2.45) is 0 Å². The van der Waals surface area contributed by atoms with Crippen molar-refractivity contribution in [2.45, 2.75) is 52.3 Å². The molecule has 5 nitrogen and oxygen atoms in total. The monoisotopic (exact) mass is 356 g/mol. The minimum Gasteiger partial charge on any atom is -0.466 e. The van der Waals surface area contributed by atoms with Crippen LogP contribution in [0.3, 0.4) is 0 Å². The lowest BCUT2D eigenvalue weighted by Gasteiger charge is -2.27. The van der Waals surface area contributed by atoms with Gasteiger partial charge in [0.25, 0.3) is 0 Å². The molecule has 2 aromatic rings. The Bertz CT molecular complexity index is 720. The van der Waals surface area contributed by atoms with Crippen LogP contribution in [0.2, 0.25) is 0 Å². The van der Waals surface area contributed by atoms with Crippen molar-refractivity contribution in [3.8, 4) is 0 Å². The fourth-order valence-corrected chi connectivity index (χ4v) is 3.49. The summed E-state index contributed by atoms with van der Waals surface area (Å²) in [4.78, 5) is 14.8. The average Bonchev–Trinajstić information content (AvgIpc) is 3.24. The first kappa shape index (κ1) is 18.5. The number of hydrogen-bond acceptors (Lipinski definition) is 3. The number of furan rings is 1.